The van der Waals surface area contributed by atoms with E-state index in [-0.39, 0.29) is 6.04 Å². The molecule has 0 heterocycles. The number of carboxylic acids is 1. The van der Waals surface area contributed by atoms with Gasteiger partial charge in [0.05, 0.1) is 13.2 Å². The second-order valence-corrected chi connectivity index (χ2v) is 3.89. The van der Waals surface area contributed by atoms with E-state index in [9.17, 15) is 4.79 Å². The Kier molecular flexibility index (Phi) is 5.39. The van der Waals surface area contributed by atoms with Gasteiger partial charge in [0.2, 0.25) is 0 Å². The van der Waals surface area contributed by atoms with Crippen molar-refractivity contribution in [3.8, 4) is 5.75 Å². The first-order valence-electron chi connectivity index (χ1n) is 5.87. The summed E-state index contributed by atoms with van der Waals surface area (Å²) >= 11 is 0. The van der Waals surface area contributed by atoms with Crippen LogP contribution >= 0.6 is 0 Å². The number of hydrogen-bond acceptors (Lipinski definition) is 3. The number of ether oxygens (including phenoxy) is 1. The second-order valence-electron chi connectivity index (χ2n) is 3.89. The number of rotatable bonds is 6. The lowest BCUT2D eigenvalue weighted by atomic mass is 10.0. The molecule has 0 radical (unpaired) electrons. The number of aliphatic carboxylic acids is 1. The molecule has 0 fully saturated rings. The minimum Gasteiger partial charge on any atom is -0.496 e. The summed E-state index contributed by atoms with van der Waals surface area (Å²) in [6.45, 7) is 2.06. The summed E-state index contributed by atoms with van der Waals surface area (Å²) in [4.78, 5) is 10.5. The number of likely N-dealkylation sites (N-methyl/N-ethyl adjacent to an activating group) is 1. The fourth-order valence-corrected chi connectivity index (χ4v) is 1.82. The largest absolute Gasteiger partial charge is 0.496 e. The molecule has 1 unspecified atom stereocenters. The Morgan fingerprint density at radius 3 is 2.78 bits per heavy atom. The number of hydrogen-bond donors (Lipinski definition) is 2. The van der Waals surface area contributed by atoms with Gasteiger partial charge in [0.1, 0.15) is 5.75 Å². The van der Waals surface area contributed by atoms with E-state index >= 15 is 0 Å². The Hall–Kier alpha value is -1.81. The van der Waals surface area contributed by atoms with Crippen LogP contribution in [-0.4, -0.2) is 25.2 Å². The standard InChI is InChI=1S/C14H19NO3/c1-4-10-9-11(5-7-13(10)18-3)12(15-2)6-8-14(16)17/h5-9,12,15H,4H2,1-3H3,(H,16,17)/b8-6+. The Morgan fingerprint density at radius 1 is 1.56 bits per heavy atom. The Balaban J connectivity index is 3.03. The van der Waals surface area contributed by atoms with Crippen molar-refractivity contribution in [1.29, 1.82) is 0 Å². The van der Waals surface area contributed by atoms with Gasteiger partial charge in [-0.25, -0.2) is 4.79 Å². The first-order chi connectivity index (χ1) is 8.62. The van der Waals surface area contributed by atoms with Crippen LogP contribution in [0.5, 0.6) is 5.75 Å². The van der Waals surface area contributed by atoms with Gasteiger partial charge in [0, 0.05) is 6.08 Å². The fraction of sp³-hybridized carbons (Fsp3) is 0.357. The molecule has 0 aromatic heterocycles. The third kappa shape index (κ3) is 3.60. The van der Waals surface area contributed by atoms with Gasteiger partial charge >= 0.3 is 5.97 Å². The number of carbonyl (C=O) groups is 1. The maximum absolute atomic E-state index is 10.5. The SMILES string of the molecule is CCc1cc(C(/C=C/C(=O)O)NC)ccc1OC. The highest BCUT2D eigenvalue weighted by Crippen LogP contribution is 2.24. The Morgan fingerprint density at radius 2 is 2.28 bits per heavy atom. The molecule has 4 heteroatoms. The van der Waals surface area contributed by atoms with Crippen molar-refractivity contribution in [3.05, 3.63) is 41.5 Å². The second kappa shape index (κ2) is 6.81. The zero-order chi connectivity index (χ0) is 13.5. The van der Waals surface area contributed by atoms with Gasteiger partial charge in [-0.05, 0) is 30.7 Å². The van der Waals surface area contributed by atoms with E-state index in [1.165, 1.54) is 0 Å². The molecule has 0 bridgehead atoms. The molecule has 0 saturated carbocycles. The van der Waals surface area contributed by atoms with E-state index in [1.54, 1.807) is 20.2 Å². The monoisotopic (exact) mass is 249 g/mol. The maximum Gasteiger partial charge on any atom is 0.328 e. The van der Waals surface area contributed by atoms with Crippen molar-refractivity contribution >= 4 is 5.97 Å². The van der Waals surface area contributed by atoms with Crippen LogP contribution in [0.15, 0.2) is 30.4 Å². The molecule has 1 aromatic rings. The smallest absolute Gasteiger partial charge is 0.328 e. The van der Waals surface area contributed by atoms with E-state index in [1.807, 2.05) is 18.2 Å². The van der Waals surface area contributed by atoms with Gasteiger partial charge in [-0.15, -0.1) is 0 Å². The van der Waals surface area contributed by atoms with E-state index in [4.69, 9.17) is 9.84 Å². The molecule has 98 valence electrons. The van der Waals surface area contributed by atoms with Crippen LogP contribution in [0.3, 0.4) is 0 Å². The van der Waals surface area contributed by atoms with Crippen molar-refractivity contribution in [1.82, 2.24) is 5.32 Å². The van der Waals surface area contributed by atoms with Crippen molar-refractivity contribution in [2.24, 2.45) is 0 Å². The molecule has 0 amide bonds. The summed E-state index contributed by atoms with van der Waals surface area (Å²) < 4.78 is 5.27. The average molecular weight is 249 g/mol. The zero-order valence-electron chi connectivity index (χ0n) is 10.9. The summed E-state index contributed by atoms with van der Waals surface area (Å²) in [6.07, 6.45) is 3.65. The third-order valence-corrected chi connectivity index (χ3v) is 2.79. The lowest BCUT2D eigenvalue weighted by Crippen LogP contribution is -2.14. The highest BCUT2D eigenvalue weighted by atomic mass is 16.5. The Bertz CT molecular complexity index is 441. The van der Waals surface area contributed by atoms with Crippen LogP contribution in [-0.2, 0) is 11.2 Å². The summed E-state index contributed by atoms with van der Waals surface area (Å²) in [7, 11) is 3.45. The molecule has 0 saturated heterocycles. The van der Waals surface area contributed by atoms with Gasteiger partial charge in [-0.3, -0.25) is 0 Å². The van der Waals surface area contributed by atoms with Gasteiger partial charge < -0.3 is 15.2 Å². The van der Waals surface area contributed by atoms with Crippen LogP contribution < -0.4 is 10.1 Å². The first-order valence-corrected chi connectivity index (χ1v) is 5.87. The maximum atomic E-state index is 10.5. The van der Waals surface area contributed by atoms with E-state index in [2.05, 4.69) is 12.2 Å². The van der Waals surface area contributed by atoms with Gasteiger partial charge in [-0.2, -0.15) is 0 Å². The predicted molar refractivity (Wildman–Crippen MR) is 70.9 cm³/mol. The van der Waals surface area contributed by atoms with Crippen molar-refractivity contribution in [2.45, 2.75) is 19.4 Å². The average Bonchev–Trinajstić information content (AvgIpc) is 2.38. The molecule has 1 atom stereocenters. The van der Waals surface area contributed by atoms with E-state index in [0.717, 1.165) is 29.4 Å². The van der Waals surface area contributed by atoms with Crippen molar-refractivity contribution in [3.63, 3.8) is 0 Å². The topological polar surface area (TPSA) is 58.6 Å². The summed E-state index contributed by atoms with van der Waals surface area (Å²) in [5.41, 5.74) is 2.13. The molecule has 18 heavy (non-hydrogen) atoms. The zero-order valence-corrected chi connectivity index (χ0v) is 10.9. The van der Waals surface area contributed by atoms with Crippen molar-refractivity contribution < 1.29 is 14.6 Å². The molecule has 0 aliphatic carbocycles. The lowest BCUT2D eigenvalue weighted by Gasteiger charge is -2.15. The number of carboxylic acid groups (broad SMARTS) is 1. The highest BCUT2D eigenvalue weighted by molar-refractivity contribution is 5.79. The molecule has 0 aliphatic heterocycles. The van der Waals surface area contributed by atoms with E-state index < -0.39 is 5.97 Å². The van der Waals surface area contributed by atoms with Crippen LogP contribution in [0.4, 0.5) is 0 Å². The Labute approximate surface area is 107 Å². The number of methoxy groups -OCH3 is 1. The van der Waals surface area contributed by atoms with Crippen LogP contribution in [0.1, 0.15) is 24.1 Å². The van der Waals surface area contributed by atoms with Crippen molar-refractivity contribution in [2.75, 3.05) is 14.2 Å². The minimum atomic E-state index is -0.945. The van der Waals surface area contributed by atoms with Crippen LogP contribution in [0, 0.1) is 0 Å². The predicted octanol–water partition coefficient (Wildman–Crippen LogP) is 2.16. The fourth-order valence-electron chi connectivity index (χ4n) is 1.82. The molecule has 0 spiro atoms. The molecule has 4 nitrogen and oxygen atoms in total. The highest BCUT2D eigenvalue weighted by Gasteiger charge is 2.09. The summed E-state index contributed by atoms with van der Waals surface area (Å²) in [5, 5.41) is 11.7. The molecular formula is C14H19NO3. The van der Waals surface area contributed by atoms with E-state index in [0.29, 0.717) is 0 Å². The van der Waals surface area contributed by atoms with Gasteiger partial charge in [-0.1, -0.05) is 25.1 Å². The van der Waals surface area contributed by atoms with Crippen LogP contribution in [0.2, 0.25) is 0 Å². The molecule has 2 N–H and O–H groups in total. The number of nitrogens with one attached hydrogen (secondary N) is 1. The third-order valence-electron chi connectivity index (χ3n) is 2.79. The molecule has 1 aromatic carbocycles. The number of benzene rings is 1. The first kappa shape index (κ1) is 14.3. The summed E-state index contributed by atoms with van der Waals surface area (Å²) in [5.74, 6) is -0.0854. The lowest BCUT2D eigenvalue weighted by molar-refractivity contribution is -0.131. The van der Waals surface area contributed by atoms with Crippen LogP contribution in [0.25, 0.3) is 0 Å². The quantitative estimate of drug-likeness (QED) is 0.758. The van der Waals surface area contributed by atoms with Gasteiger partial charge in [0.25, 0.3) is 0 Å². The minimum absolute atomic E-state index is 0.114. The summed E-state index contributed by atoms with van der Waals surface area (Å²) in [6, 6.07) is 5.77. The number of aryl methyl sites for hydroxylation is 1. The normalized spacial score (nSPS) is 12.6. The molecule has 1 rings (SSSR count). The van der Waals surface area contributed by atoms with Gasteiger partial charge in [0.15, 0.2) is 0 Å². The molecular weight excluding hydrogens is 230 g/mol. The molecule has 0 aliphatic rings.